The molecule has 6 nitrogen and oxygen atoms in total. The molecule has 8 heteroatoms. The summed E-state index contributed by atoms with van der Waals surface area (Å²) in [6.45, 7) is 1.94. The minimum absolute atomic E-state index is 0.130. The average molecular weight is 381 g/mol. The fourth-order valence-electron chi connectivity index (χ4n) is 2.42. The molecule has 26 heavy (non-hydrogen) atoms. The van der Waals surface area contributed by atoms with E-state index in [1.807, 2.05) is 54.8 Å². The molecular formula is C18H15N5OS2. The minimum Gasteiger partial charge on any atom is -0.316 e. The van der Waals surface area contributed by atoms with Gasteiger partial charge in [-0.15, -0.1) is 11.3 Å². The quantitative estimate of drug-likeness (QED) is 0.536. The summed E-state index contributed by atoms with van der Waals surface area (Å²) >= 11 is 2.91. The summed E-state index contributed by atoms with van der Waals surface area (Å²) in [4.78, 5) is 25.5. The third kappa shape index (κ3) is 3.87. The summed E-state index contributed by atoms with van der Waals surface area (Å²) in [5.74, 6) is 0.611. The van der Waals surface area contributed by atoms with Crippen LogP contribution in [0.3, 0.4) is 0 Å². The van der Waals surface area contributed by atoms with Gasteiger partial charge in [0.25, 0.3) is 0 Å². The van der Waals surface area contributed by atoms with Gasteiger partial charge in [-0.25, -0.2) is 15.0 Å². The maximum Gasteiger partial charge on any atom is 0.232 e. The van der Waals surface area contributed by atoms with E-state index in [9.17, 15) is 4.79 Å². The highest BCUT2D eigenvalue weighted by atomic mass is 32.1. The molecule has 0 aliphatic rings. The highest BCUT2D eigenvalue weighted by Crippen LogP contribution is 2.26. The van der Waals surface area contributed by atoms with Crippen molar-refractivity contribution in [3.63, 3.8) is 0 Å². The number of hydrogen-bond donors (Lipinski definition) is 2. The van der Waals surface area contributed by atoms with Crippen molar-refractivity contribution in [1.29, 1.82) is 0 Å². The predicted molar refractivity (Wildman–Crippen MR) is 106 cm³/mol. The van der Waals surface area contributed by atoms with Crippen molar-refractivity contribution in [1.82, 2.24) is 15.0 Å². The molecule has 1 amide bonds. The molecule has 130 valence electrons. The van der Waals surface area contributed by atoms with Crippen LogP contribution in [0.4, 0.5) is 16.1 Å². The maximum atomic E-state index is 12.3. The molecule has 4 rings (SSSR count). The summed E-state index contributed by atoms with van der Waals surface area (Å²) in [6, 6.07) is 13.6. The molecule has 4 aromatic rings. The molecule has 0 spiro atoms. The number of pyridine rings is 1. The molecule has 0 atom stereocenters. The zero-order valence-corrected chi connectivity index (χ0v) is 15.5. The first-order valence-corrected chi connectivity index (χ1v) is 9.66. The summed E-state index contributed by atoms with van der Waals surface area (Å²) in [5.41, 5.74) is 2.53. The van der Waals surface area contributed by atoms with E-state index in [0.29, 0.717) is 16.0 Å². The molecule has 0 saturated heterocycles. The van der Waals surface area contributed by atoms with Gasteiger partial charge in [0.1, 0.15) is 5.82 Å². The largest absolute Gasteiger partial charge is 0.316 e. The van der Waals surface area contributed by atoms with Crippen LogP contribution >= 0.6 is 22.7 Å². The number of carbonyl (C=O) groups is 1. The normalized spacial score (nSPS) is 10.8. The molecule has 3 aromatic heterocycles. The molecular weight excluding hydrogens is 366 g/mol. The van der Waals surface area contributed by atoms with Crippen molar-refractivity contribution < 1.29 is 4.79 Å². The van der Waals surface area contributed by atoms with Crippen LogP contribution < -0.4 is 10.6 Å². The van der Waals surface area contributed by atoms with Crippen LogP contribution in [0.5, 0.6) is 0 Å². The van der Waals surface area contributed by atoms with E-state index in [1.54, 1.807) is 0 Å². The zero-order valence-electron chi connectivity index (χ0n) is 13.9. The second kappa shape index (κ2) is 7.19. The van der Waals surface area contributed by atoms with Gasteiger partial charge in [-0.2, -0.15) is 0 Å². The Kier molecular flexibility index (Phi) is 4.59. The van der Waals surface area contributed by atoms with Crippen molar-refractivity contribution in [2.75, 3.05) is 10.6 Å². The number of hydrogen-bond acceptors (Lipinski definition) is 7. The van der Waals surface area contributed by atoms with E-state index < -0.39 is 0 Å². The van der Waals surface area contributed by atoms with E-state index in [0.717, 1.165) is 21.7 Å². The lowest BCUT2D eigenvalue weighted by molar-refractivity contribution is -0.115. The Bertz CT molecular complexity index is 1040. The number of rotatable bonds is 5. The summed E-state index contributed by atoms with van der Waals surface area (Å²) in [5, 5.41) is 9.20. The molecule has 0 unspecified atom stereocenters. The second-order valence-electron chi connectivity index (χ2n) is 5.64. The van der Waals surface area contributed by atoms with Gasteiger partial charge in [-0.3, -0.25) is 4.79 Å². The van der Waals surface area contributed by atoms with Gasteiger partial charge in [0.15, 0.2) is 10.3 Å². The number of nitrogens with zero attached hydrogens (tertiary/aromatic N) is 3. The first-order chi connectivity index (χ1) is 12.7. The lowest BCUT2D eigenvalue weighted by Crippen LogP contribution is -2.14. The molecule has 3 heterocycles. The van der Waals surface area contributed by atoms with E-state index >= 15 is 0 Å². The van der Waals surface area contributed by atoms with E-state index in [1.165, 1.54) is 22.7 Å². The fourth-order valence-corrected chi connectivity index (χ4v) is 4.02. The summed E-state index contributed by atoms with van der Waals surface area (Å²) in [7, 11) is 0. The van der Waals surface area contributed by atoms with Gasteiger partial charge in [0.05, 0.1) is 22.3 Å². The van der Waals surface area contributed by atoms with Gasteiger partial charge in [-0.1, -0.05) is 29.5 Å². The molecule has 0 aliphatic heterocycles. The van der Waals surface area contributed by atoms with Crippen molar-refractivity contribution >= 4 is 54.9 Å². The van der Waals surface area contributed by atoms with Crippen LogP contribution in [0, 0.1) is 6.92 Å². The number of thiazole rings is 2. The Morgan fingerprint density at radius 1 is 1.04 bits per heavy atom. The SMILES string of the molecule is Cc1cccc(Nc2nc(CC(=O)Nc3nc4ccccc4s3)cs2)n1. The third-order valence-corrected chi connectivity index (χ3v) is 5.32. The van der Waals surface area contributed by atoms with Gasteiger partial charge in [0, 0.05) is 11.1 Å². The first kappa shape index (κ1) is 16.6. The highest BCUT2D eigenvalue weighted by molar-refractivity contribution is 7.22. The highest BCUT2D eigenvalue weighted by Gasteiger charge is 2.11. The maximum absolute atomic E-state index is 12.3. The van der Waals surface area contributed by atoms with Gasteiger partial charge < -0.3 is 10.6 Å². The van der Waals surface area contributed by atoms with Crippen molar-refractivity contribution in [2.45, 2.75) is 13.3 Å². The van der Waals surface area contributed by atoms with E-state index in [-0.39, 0.29) is 12.3 Å². The van der Waals surface area contributed by atoms with E-state index in [2.05, 4.69) is 25.6 Å². The van der Waals surface area contributed by atoms with Gasteiger partial charge in [-0.05, 0) is 31.2 Å². The molecule has 0 bridgehead atoms. The van der Waals surface area contributed by atoms with Crippen LogP contribution in [-0.4, -0.2) is 20.9 Å². The third-order valence-electron chi connectivity index (χ3n) is 3.56. The number of aryl methyl sites for hydroxylation is 1. The number of carbonyl (C=O) groups excluding carboxylic acids is 1. The number of para-hydroxylation sites is 1. The van der Waals surface area contributed by atoms with Crippen LogP contribution in [0.1, 0.15) is 11.4 Å². The lowest BCUT2D eigenvalue weighted by Gasteiger charge is -2.02. The number of fused-ring (bicyclic) bond motifs is 1. The first-order valence-electron chi connectivity index (χ1n) is 7.96. The van der Waals surface area contributed by atoms with Crippen LogP contribution in [0.2, 0.25) is 0 Å². The molecule has 2 N–H and O–H groups in total. The summed E-state index contributed by atoms with van der Waals surface area (Å²) in [6.07, 6.45) is 0.204. The fraction of sp³-hybridized carbons (Fsp3) is 0.111. The lowest BCUT2D eigenvalue weighted by atomic mass is 10.3. The topological polar surface area (TPSA) is 79.8 Å². The molecule has 0 saturated carbocycles. The number of nitrogens with one attached hydrogen (secondary N) is 2. The molecule has 0 fully saturated rings. The smallest absolute Gasteiger partial charge is 0.232 e. The Morgan fingerprint density at radius 2 is 1.92 bits per heavy atom. The molecule has 0 aliphatic carbocycles. The van der Waals surface area contributed by atoms with Crippen molar-refractivity contribution in [3.8, 4) is 0 Å². The van der Waals surface area contributed by atoms with Crippen molar-refractivity contribution in [2.24, 2.45) is 0 Å². The van der Waals surface area contributed by atoms with Gasteiger partial charge >= 0.3 is 0 Å². The second-order valence-corrected chi connectivity index (χ2v) is 7.53. The summed E-state index contributed by atoms with van der Waals surface area (Å²) < 4.78 is 1.05. The monoisotopic (exact) mass is 381 g/mol. The Labute approximate surface area is 158 Å². The Morgan fingerprint density at radius 3 is 2.77 bits per heavy atom. The Balaban J connectivity index is 1.39. The average Bonchev–Trinajstić information content (AvgIpc) is 3.20. The zero-order chi connectivity index (χ0) is 17.9. The van der Waals surface area contributed by atoms with E-state index in [4.69, 9.17) is 0 Å². The van der Waals surface area contributed by atoms with Crippen molar-refractivity contribution in [3.05, 3.63) is 59.2 Å². The number of aromatic nitrogens is 3. The predicted octanol–water partition coefficient (Wildman–Crippen LogP) is 4.38. The van der Waals surface area contributed by atoms with Gasteiger partial charge in [0.2, 0.25) is 5.91 Å². The number of amides is 1. The minimum atomic E-state index is -0.130. The van der Waals surface area contributed by atoms with Crippen LogP contribution in [0.25, 0.3) is 10.2 Å². The van der Waals surface area contributed by atoms with Crippen LogP contribution in [-0.2, 0) is 11.2 Å². The number of anilines is 3. The Hall–Kier alpha value is -2.84. The number of benzene rings is 1. The van der Waals surface area contributed by atoms with Crippen LogP contribution in [0.15, 0.2) is 47.8 Å². The molecule has 0 radical (unpaired) electrons. The standard InChI is InChI=1S/C18H15N5OS2/c1-11-5-4-8-15(19-11)22-17-20-12(10-25-17)9-16(24)23-18-21-13-6-2-3-7-14(13)26-18/h2-8,10H,9H2,1H3,(H,19,20,22)(H,21,23,24). The molecule has 1 aromatic carbocycles.